The van der Waals surface area contributed by atoms with Crippen LogP contribution in [0.2, 0.25) is 5.02 Å². The van der Waals surface area contributed by atoms with Crippen molar-refractivity contribution in [3.63, 3.8) is 0 Å². The highest BCUT2D eigenvalue weighted by Crippen LogP contribution is 2.16. The van der Waals surface area contributed by atoms with E-state index < -0.39 is 5.91 Å². The topological polar surface area (TPSA) is 87.2 Å². The normalized spacial score (nSPS) is 10.2. The lowest BCUT2D eigenvalue weighted by Crippen LogP contribution is -2.34. The van der Waals surface area contributed by atoms with E-state index in [4.69, 9.17) is 11.6 Å². The van der Waals surface area contributed by atoms with Crippen molar-refractivity contribution in [3.05, 3.63) is 47.2 Å². The Balaban J connectivity index is 2.00. The number of anilines is 2. The zero-order valence-corrected chi connectivity index (χ0v) is 14.9. The number of hydrogen-bond acceptors (Lipinski definition) is 5. The summed E-state index contributed by atoms with van der Waals surface area (Å²) < 4.78 is 0. The third-order valence-electron chi connectivity index (χ3n) is 3.46. The number of carbonyl (C=O) groups excluding carboxylic acids is 2. The summed E-state index contributed by atoms with van der Waals surface area (Å²) in [7, 11) is 0. The van der Waals surface area contributed by atoms with Crippen molar-refractivity contribution < 1.29 is 9.59 Å². The van der Waals surface area contributed by atoms with Gasteiger partial charge in [0.05, 0.1) is 17.8 Å². The van der Waals surface area contributed by atoms with Gasteiger partial charge in [0.1, 0.15) is 0 Å². The van der Waals surface area contributed by atoms with Crippen molar-refractivity contribution >= 4 is 35.1 Å². The first kappa shape index (κ1) is 18.7. The van der Waals surface area contributed by atoms with Gasteiger partial charge < -0.3 is 15.5 Å². The molecule has 0 aliphatic heterocycles. The van der Waals surface area contributed by atoms with Gasteiger partial charge in [0.15, 0.2) is 5.69 Å². The zero-order valence-electron chi connectivity index (χ0n) is 14.1. The Morgan fingerprint density at radius 3 is 2.48 bits per heavy atom. The average molecular weight is 362 g/mol. The van der Waals surface area contributed by atoms with Crippen LogP contribution in [0.4, 0.5) is 11.6 Å². The number of halogens is 1. The van der Waals surface area contributed by atoms with Crippen molar-refractivity contribution in [1.82, 2.24) is 15.3 Å². The molecule has 0 saturated heterocycles. The molecule has 1 heterocycles. The molecule has 2 rings (SSSR count). The van der Waals surface area contributed by atoms with Crippen LogP contribution in [0.15, 0.2) is 36.5 Å². The summed E-state index contributed by atoms with van der Waals surface area (Å²) in [6.45, 7) is 5.16. The first-order valence-corrected chi connectivity index (χ1v) is 8.33. The van der Waals surface area contributed by atoms with E-state index in [1.54, 1.807) is 12.1 Å². The predicted octanol–water partition coefficient (Wildman–Crippen LogP) is 2.34. The Morgan fingerprint density at radius 2 is 1.84 bits per heavy atom. The van der Waals surface area contributed by atoms with Crippen LogP contribution in [-0.4, -0.2) is 41.4 Å². The second-order valence-corrected chi connectivity index (χ2v) is 5.54. The van der Waals surface area contributed by atoms with Crippen LogP contribution >= 0.6 is 11.6 Å². The number of para-hydroxylation sites is 1. The molecule has 0 radical (unpaired) electrons. The molecule has 2 N–H and O–H groups in total. The van der Waals surface area contributed by atoms with Gasteiger partial charge in [-0.3, -0.25) is 9.59 Å². The van der Waals surface area contributed by atoms with Gasteiger partial charge in [-0.1, -0.05) is 29.8 Å². The van der Waals surface area contributed by atoms with Crippen LogP contribution in [0.1, 0.15) is 24.3 Å². The molecule has 7 nitrogen and oxygen atoms in total. The number of amides is 2. The lowest BCUT2D eigenvalue weighted by atomic mass is 10.3. The molecule has 0 atom stereocenters. The Bertz CT molecular complexity index is 735. The SMILES string of the molecule is CCN(CC)c1ncc(Cl)c(C(=O)NCC(=O)Nc2ccccc2)n1. The van der Waals surface area contributed by atoms with E-state index in [1.165, 1.54) is 6.20 Å². The Hall–Kier alpha value is -2.67. The van der Waals surface area contributed by atoms with E-state index >= 15 is 0 Å². The lowest BCUT2D eigenvalue weighted by Gasteiger charge is -2.18. The Kier molecular flexibility index (Phi) is 6.71. The molecular formula is C17H20ClN5O2. The van der Waals surface area contributed by atoms with Gasteiger partial charge in [-0.05, 0) is 26.0 Å². The van der Waals surface area contributed by atoms with Crippen molar-refractivity contribution in [2.75, 3.05) is 29.9 Å². The molecule has 8 heteroatoms. The van der Waals surface area contributed by atoms with Crippen LogP contribution in [0.25, 0.3) is 0 Å². The molecule has 0 bridgehead atoms. The summed E-state index contributed by atoms with van der Waals surface area (Å²) in [6, 6.07) is 8.99. The van der Waals surface area contributed by atoms with E-state index in [9.17, 15) is 9.59 Å². The second kappa shape index (κ2) is 8.98. The maximum absolute atomic E-state index is 12.3. The standard InChI is InChI=1S/C17H20ClN5O2/c1-3-23(4-2)17-20-10-13(18)15(22-17)16(25)19-11-14(24)21-12-8-6-5-7-9-12/h5-10H,3-4,11H2,1-2H3,(H,19,25)(H,21,24). The molecule has 1 aromatic carbocycles. The summed E-state index contributed by atoms with van der Waals surface area (Å²) in [6.07, 6.45) is 1.39. The van der Waals surface area contributed by atoms with Gasteiger partial charge in [0.25, 0.3) is 5.91 Å². The number of hydrogen-bond donors (Lipinski definition) is 2. The monoisotopic (exact) mass is 361 g/mol. The quantitative estimate of drug-likeness (QED) is 0.790. The van der Waals surface area contributed by atoms with Crippen molar-refractivity contribution in [2.24, 2.45) is 0 Å². The molecule has 0 aliphatic carbocycles. The van der Waals surface area contributed by atoms with Crippen molar-refractivity contribution in [2.45, 2.75) is 13.8 Å². The first-order valence-electron chi connectivity index (χ1n) is 7.95. The number of carbonyl (C=O) groups is 2. The van der Waals surface area contributed by atoms with E-state index in [1.807, 2.05) is 36.9 Å². The molecule has 0 saturated carbocycles. The summed E-state index contributed by atoms with van der Waals surface area (Å²) in [5.41, 5.74) is 0.705. The fourth-order valence-electron chi connectivity index (χ4n) is 2.15. The Morgan fingerprint density at radius 1 is 1.16 bits per heavy atom. The van der Waals surface area contributed by atoms with Crippen LogP contribution in [0.5, 0.6) is 0 Å². The highest BCUT2D eigenvalue weighted by atomic mass is 35.5. The molecule has 0 aliphatic rings. The van der Waals surface area contributed by atoms with Crippen molar-refractivity contribution in [1.29, 1.82) is 0 Å². The third kappa shape index (κ3) is 5.15. The minimum absolute atomic E-state index is 0.0473. The Labute approximate surface area is 151 Å². The number of nitrogens with zero attached hydrogens (tertiary/aromatic N) is 3. The number of rotatable bonds is 7. The largest absolute Gasteiger partial charge is 0.342 e. The molecule has 2 amide bonds. The second-order valence-electron chi connectivity index (χ2n) is 5.14. The molecule has 2 aromatic rings. The van der Waals surface area contributed by atoms with Crippen LogP contribution in [-0.2, 0) is 4.79 Å². The molecule has 0 unspecified atom stereocenters. The van der Waals surface area contributed by atoms with Gasteiger partial charge in [-0.15, -0.1) is 0 Å². The number of nitrogens with one attached hydrogen (secondary N) is 2. The third-order valence-corrected chi connectivity index (χ3v) is 3.74. The summed E-state index contributed by atoms with van der Waals surface area (Å²) >= 11 is 6.02. The highest BCUT2D eigenvalue weighted by molar-refractivity contribution is 6.33. The number of benzene rings is 1. The van der Waals surface area contributed by atoms with Crippen LogP contribution in [0.3, 0.4) is 0 Å². The molecule has 1 aromatic heterocycles. The molecule has 25 heavy (non-hydrogen) atoms. The first-order chi connectivity index (χ1) is 12.0. The minimum Gasteiger partial charge on any atom is -0.342 e. The van der Waals surface area contributed by atoms with Gasteiger partial charge in [0.2, 0.25) is 11.9 Å². The minimum atomic E-state index is -0.524. The molecule has 132 valence electrons. The summed E-state index contributed by atoms with van der Waals surface area (Å²) in [5, 5.41) is 5.34. The van der Waals surface area contributed by atoms with Gasteiger partial charge in [0, 0.05) is 18.8 Å². The summed E-state index contributed by atoms with van der Waals surface area (Å²) in [4.78, 5) is 34.4. The van der Waals surface area contributed by atoms with Crippen molar-refractivity contribution in [3.8, 4) is 0 Å². The molecule has 0 fully saturated rings. The van der Waals surface area contributed by atoms with E-state index in [-0.39, 0.29) is 23.2 Å². The molecule has 0 spiro atoms. The number of aromatic nitrogens is 2. The summed E-state index contributed by atoms with van der Waals surface area (Å²) in [5.74, 6) is -0.439. The van der Waals surface area contributed by atoms with E-state index in [0.717, 1.165) is 0 Å². The average Bonchev–Trinajstić information content (AvgIpc) is 2.63. The lowest BCUT2D eigenvalue weighted by molar-refractivity contribution is -0.115. The van der Waals surface area contributed by atoms with Gasteiger partial charge in [-0.2, -0.15) is 0 Å². The van der Waals surface area contributed by atoms with Gasteiger partial charge in [-0.25, -0.2) is 9.97 Å². The van der Waals surface area contributed by atoms with Crippen LogP contribution < -0.4 is 15.5 Å². The fourth-order valence-corrected chi connectivity index (χ4v) is 2.32. The maximum Gasteiger partial charge on any atom is 0.272 e. The van der Waals surface area contributed by atoms with Gasteiger partial charge >= 0.3 is 0 Å². The zero-order chi connectivity index (χ0) is 18.2. The van der Waals surface area contributed by atoms with E-state index in [0.29, 0.717) is 24.7 Å². The van der Waals surface area contributed by atoms with E-state index in [2.05, 4.69) is 20.6 Å². The smallest absolute Gasteiger partial charge is 0.272 e. The van der Waals surface area contributed by atoms with Crippen LogP contribution in [0, 0.1) is 0 Å². The maximum atomic E-state index is 12.3. The highest BCUT2D eigenvalue weighted by Gasteiger charge is 2.17. The predicted molar refractivity (Wildman–Crippen MR) is 98.0 cm³/mol. The fraction of sp³-hybridized carbons (Fsp3) is 0.294. The molecular weight excluding hydrogens is 342 g/mol.